The van der Waals surface area contributed by atoms with Gasteiger partial charge in [-0.25, -0.2) is 4.79 Å². The van der Waals surface area contributed by atoms with Crippen LogP contribution in [0.5, 0.6) is 0 Å². The van der Waals surface area contributed by atoms with Crippen LogP contribution >= 0.6 is 0 Å². The maximum atomic E-state index is 12.7. The summed E-state index contributed by atoms with van der Waals surface area (Å²) in [5.41, 5.74) is 16.0. The summed E-state index contributed by atoms with van der Waals surface area (Å²) < 4.78 is 0. The summed E-state index contributed by atoms with van der Waals surface area (Å²) in [6.07, 6.45) is -0.250. The minimum Gasteiger partial charge on any atom is -0.481 e. The van der Waals surface area contributed by atoms with Crippen molar-refractivity contribution >= 4 is 35.6 Å². The third-order valence-corrected chi connectivity index (χ3v) is 4.29. The zero-order valence-corrected chi connectivity index (χ0v) is 18.3. The van der Waals surface area contributed by atoms with Crippen molar-refractivity contribution in [1.29, 1.82) is 0 Å². The van der Waals surface area contributed by atoms with Gasteiger partial charge in [-0.2, -0.15) is 0 Å². The molecule has 0 aromatic rings. The molecule has 11 N–H and O–H groups in total. The number of nitrogens with one attached hydrogen (secondary N) is 3. The number of amides is 3. The molecule has 0 aromatic heterocycles. The number of nitrogens with two attached hydrogens (primary N) is 3. The van der Waals surface area contributed by atoms with Crippen LogP contribution in [0.25, 0.3) is 0 Å². The number of hydrogen-bond donors (Lipinski definition) is 8. The third kappa shape index (κ3) is 11.1. The van der Waals surface area contributed by atoms with Crippen molar-refractivity contribution in [2.24, 2.45) is 28.1 Å². The topological polar surface area (TPSA) is 252 Å². The highest BCUT2D eigenvalue weighted by Gasteiger charge is 2.30. The molecule has 0 saturated carbocycles. The second kappa shape index (κ2) is 13.8. The van der Waals surface area contributed by atoms with Gasteiger partial charge in [0.25, 0.3) is 0 Å². The Morgan fingerprint density at radius 3 is 1.97 bits per heavy atom. The molecule has 0 rings (SSSR count). The predicted octanol–water partition coefficient (Wildman–Crippen LogP) is -2.94. The molecule has 0 spiro atoms. The van der Waals surface area contributed by atoms with Crippen LogP contribution in [0, 0.1) is 5.92 Å². The molecular formula is C18H33N7O7. The molecule has 4 unspecified atom stereocenters. The maximum absolute atomic E-state index is 12.7. The fraction of sp³-hybridized carbons (Fsp3) is 0.667. The molecule has 0 radical (unpaired) electrons. The van der Waals surface area contributed by atoms with E-state index in [-0.39, 0.29) is 18.9 Å². The Labute approximate surface area is 185 Å². The van der Waals surface area contributed by atoms with Crippen LogP contribution < -0.4 is 33.2 Å². The van der Waals surface area contributed by atoms with Crippen molar-refractivity contribution < 1.29 is 34.2 Å². The molecule has 14 heteroatoms. The lowest BCUT2D eigenvalue weighted by Crippen LogP contribution is -2.57. The molecule has 32 heavy (non-hydrogen) atoms. The maximum Gasteiger partial charge on any atom is 0.326 e. The van der Waals surface area contributed by atoms with E-state index in [1.807, 2.05) is 0 Å². The lowest BCUT2D eigenvalue weighted by atomic mass is 10.0. The second-order valence-corrected chi connectivity index (χ2v) is 7.51. The summed E-state index contributed by atoms with van der Waals surface area (Å²) in [5, 5.41) is 25.1. The Morgan fingerprint density at radius 1 is 0.906 bits per heavy atom. The van der Waals surface area contributed by atoms with Gasteiger partial charge in [0.15, 0.2) is 5.96 Å². The van der Waals surface area contributed by atoms with Gasteiger partial charge in [-0.3, -0.25) is 24.2 Å². The summed E-state index contributed by atoms with van der Waals surface area (Å²) in [6.45, 7) is 4.72. The number of aliphatic imine (C=N–C) groups is 1. The van der Waals surface area contributed by atoms with Crippen molar-refractivity contribution in [3.63, 3.8) is 0 Å². The Balaban J connectivity index is 5.23. The number of carbonyl (C=O) groups is 5. The number of hydrogen-bond acceptors (Lipinski definition) is 7. The average Bonchev–Trinajstić information content (AvgIpc) is 2.66. The third-order valence-electron chi connectivity index (χ3n) is 4.29. The summed E-state index contributed by atoms with van der Waals surface area (Å²) in [7, 11) is 0. The van der Waals surface area contributed by atoms with Gasteiger partial charge in [0, 0.05) is 6.54 Å². The molecular weight excluding hydrogens is 426 g/mol. The van der Waals surface area contributed by atoms with E-state index in [4.69, 9.17) is 22.3 Å². The van der Waals surface area contributed by atoms with Crippen LogP contribution in [-0.4, -0.2) is 76.5 Å². The summed E-state index contributed by atoms with van der Waals surface area (Å²) >= 11 is 0. The number of carboxylic acid groups (broad SMARTS) is 2. The van der Waals surface area contributed by atoms with Crippen LogP contribution in [0.15, 0.2) is 4.99 Å². The van der Waals surface area contributed by atoms with Crippen LogP contribution in [0.1, 0.15) is 40.0 Å². The highest BCUT2D eigenvalue weighted by molar-refractivity contribution is 5.94. The first-order chi connectivity index (χ1) is 14.8. The monoisotopic (exact) mass is 459 g/mol. The van der Waals surface area contributed by atoms with Gasteiger partial charge in [-0.1, -0.05) is 13.8 Å². The lowest BCUT2D eigenvalue weighted by molar-refractivity contribution is -0.143. The molecule has 0 fully saturated rings. The van der Waals surface area contributed by atoms with Gasteiger partial charge < -0.3 is 43.4 Å². The number of rotatable bonds is 14. The number of carbonyl (C=O) groups excluding carboxylic acids is 3. The SMILES string of the molecule is CC(NC(=O)C(N)CC(=O)O)C(=O)NC(CCCN=C(N)N)C(=O)NC(C(=O)O)C(C)C. The molecule has 0 bridgehead atoms. The quantitative estimate of drug-likeness (QED) is 0.0744. The van der Waals surface area contributed by atoms with Gasteiger partial charge in [0.1, 0.15) is 18.1 Å². The molecule has 0 aliphatic heterocycles. The second-order valence-electron chi connectivity index (χ2n) is 7.51. The van der Waals surface area contributed by atoms with Crippen molar-refractivity contribution in [1.82, 2.24) is 16.0 Å². The Hall–Kier alpha value is -3.42. The highest BCUT2D eigenvalue weighted by Crippen LogP contribution is 2.05. The van der Waals surface area contributed by atoms with Gasteiger partial charge in [0.2, 0.25) is 17.7 Å². The molecule has 4 atom stereocenters. The fourth-order valence-corrected chi connectivity index (χ4v) is 2.50. The molecule has 182 valence electrons. The van der Waals surface area contributed by atoms with Crippen LogP contribution in [0.4, 0.5) is 0 Å². The van der Waals surface area contributed by atoms with E-state index in [1.165, 1.54) is 6.92 Å². The van der Waals surface area contributed by atoms with E-state index in [0.29, 0.717) is 6.42 Å². The van der Waals surface area contributed by atoms with Crippen molar-refractivity contribution in [3.8, 4) is 0 Å². The van der Waals surface area contributed by atoms with E-state index >= 15 is 0 Å². The largest absolute Gasteiger partial charge is 0.481 e. The Morgan fingerprint density at radius 2 is 1.50 bits per heavy atom. The number of carboxylic acids is 2. The van der Waals surface area contributed by atoms with Crippen LogP contribution in [-0.2, 0) is 24.0 Å². The van der Waals surface area contributed by atoms with E-state index in [2.05, 4.69) is 20.9 Å². The van der Waals surface area contributed by atoms with Crippen molar-refractivity contribution in [2.75, 3.05) is 6.54 Å². The minimum atomic E-state index is -1.36. The normalized spacial score (nSPS) is 14.4. The molecule has 0 aromatic carbocycles. The molecule has 0 aliphatic rings. The van der Waals surface area contributed by atoms with Crippen molar-refractivity contribution in [2.45, 2.75) is 64.2 Å². The molecule has 14 nitrogen and oxygen atoms in total. The standard InChI is InChI=1S/C18H33N7O7/c1-8(2)13(17(31)32)25-16(30)11(5-4-6-22-18(20)21)24-14(28)9(3)23-15(29)10(19)7-12(26)27/h8-11,13H,4-7,19H2,1-3H3,(H,23,29)(H,24,28)(H,25,30)(H,26,27)(H,31,32)(H4,20,21,22). The number of nitrogens with zero attached hydrogens (tertiary/aromatic N) is 1. The number of guanidine groups is 1. The number of aliphatic carboxylic acids is 2. The molecule has 3 amide bonds. The van der Waals surface area contributed by atoms with Gasteiger partial charge in [-0.05, 0) is 25.7 Å². The first kappa shape index (κ1) is 28.6. The van der Waals surface area contributed by atoms with E-state index in [0.717, 1.165) is 0 Å². The van der Waals surface area contributed by atoms with Crippen LogP contribution in [0.2, 0.25) is 0 Å². The fourth-order valence-electron chi connectivity index (χ4n) is 2.50. The summed E-state index contributed by atoms with van der Waals surface area (Å²) in [4.78, 5) is 62.9. The summed E-state index contributed by atoms with van der Waals surface area (Å²) in [5.74, 6) is -5.40. The van der Waals surface area contributed by atoms with Gasteiger partial charge >= 0.3 is 11.9 Å². The van der Waals surface area contributed by atoms with E-state index in [9.17, 15) is 29.1 Å². The smallest absolute Gasteiger partial charge is 0.326 e. The zero-order chi connectivity index (χ0) is 25.0. The molecule has 0 saturated heterocycles. The predicted molar refractivity (Wildman–Crippen MR) is 114 cm³/mol. The van der Waals surface area contributed by atoms with E-state index < -0.39 is 66.2 Å². The summed E-state index contributed by atoms with van der Waals surface area (Å²) in [6, 6.07) is -4.81. The molecule has 0 aliphatic carbocycles. The average molecular weight is 460 g/mol. The first-order valence-electron chi connectivity index (χ1n) is 9.92. The Kier molecular flexibility index (Phi) is 12.3. The highest BCUT2D eigenvalue weighted by atomic mass is 16.4. The Bertz CT molecular complexity index is 722. The van der Waals surface area contributed by atoms with Crippen molar-refractivity contribution in [3.05, 3.63) is 0 Å². The minimum absolute atomic E-state index is 0.0813. The van der Waals surface area contributed by atoms with Gasteiger partial charge in [-0.15, -0.1) is 0 Å². The van der Waals surface area contributed by atoms with E-state index in [1.54, 1.807) is 13.8 Å². The first-order valence-corrected chi connectivity index (χ1v) is 9.92. The zero-order valence-electron chi connectivity index (χ0n) is 18.3. The van der Waals surface area contributed by atoms with Gasteiger partial charge in [0.05, 0.1) is 12.5 Å². The van der Waals surface area contributed by atoms with Crippen LogP contribution in [0.3, 0.4) is 0 Å². The molecule has 0 heterocycles. The lowest BCUT2D eigenvalue weighted by Gasteiger charge is -2.24.